The minimum atomic E-state index is -0.396. The number of aliphatic hydroxyl groups is 1. The Morgan fingerprint density at radius 1 is 1.11 bits per heavy atom. The molecular formula is C23H36N2O2. The lowest BCUT2D eigenvalue weighted by molar-refractivity contribution is -0.113. The number of anilines is 1. The van der Waals surface area contributed by atoms with Gasteiger partial charge in [-0.05, 0) is 48.1 Å². The lowest BCUT2D eigenvalue weighted by Gasteiger charge is -2.43. The number of fused-ring (bicyclic) bond motifs is 2. The molecule has 2 saturated carbocycles. The Morgan fingerprint density at radius 3 is 2.44 bits per heavy atom. The van der Waals surface area contributed by atoms with E-state index in [2.05, 4.69) is 60.9 Å². The predicted molar refractivity (Wildman–Crippen MR) is 110 cm³/mol. The number of nitrogens with zero attached hydrogens (tertiary/aromatic N) is 2. The van der Waals surface area contributed by atoms with Gasteiger partial charge in [0.25, 0.3) is 0 Å². The Hall–Kier alpha value is -1.10. The molecule has 2 aliphatic carbocycles. The van der Waals surface area contributed by atoms with E-state index in [-0.39, 0.29) is 11.5 Å². The van der Waals surface area contributed by atoms with Gasteiger partial charge in [0.2, 0.25) is 0 Å². The highest BCUT2D eigenvalue weighted by atomic mass is 16.5. The van der Waals surface area contributed by atoms with Gasteiger partial charge in [0.1, 0.15) is 0 Å². The zero-order valence-electron chi connectivity index (χ0n) is 17.2. The lowest BCUT2D eigenvalue weighted by atomic mass is 9.70. The van der Waals surface area contributed by atoms with Crippen LogP contribution in [0.15, 0.2) is 30.3 Å². The molecule has 4 atom stereocenters. The number of ether oxygens (including phenoxy) is 1. The SMILES string of the molecule is CC1(C)[C@H]2CC[C@](C)(C2)[C@H]1OC[C@@H](O)CN1CCN(c2ccccc2)CC1. The first-order valence-corrected chi connectivity index (χ1v) is 10.7. The van der Waals surface area contributed by atoms with E-state index >= 15 is 0 Å². The molecule has 1 saturated heterocycles. The third-order valence-corrected chi connectivity index (χ3v) is 7.56. The minimum absolute atomic E-state index is 0.244. The van der Waals surface area contributed by atoms with Crippen LogP contribution in [-0.2, 0) is 4.74 Å². The summed E-state index contributed by atoms with van der Waals surface area (Å²) in [5.41, 5.74) is 1.86. The number of β-amino-alcohol motifs (C(OH)–C–C–N with tert-alkyl or cyclic N) is 1. The van der Waals surface area contributed by atoms with Crippen molar-refractivity contribution >= 4 is 5.69 Å². The second kappa shape index (κ2) is 7.38. The van der Waals surface area contributed by atoms with Crippen molar-refractivity contribution in [1.82, 2.24) is 4.90 Å². The molecule has 4 nitrogen and oxygen atoms in total. The van der Waals surface area contributed by atoms with Crippen LogP contribution in [0.1, 0.15) is 40.0 Å². The summed E-state index contributed by atoms with van der Waals surface area (Å²) in [5, 5.41) is 10.6. The first-order chi connectivity index (χ1) is 12.9. The van der Waals surface area contributed by atoms with Crippen LogP contribution in [0.5, 0.6) is 0 Å². The van der Waals surface area contributed by atoms with Crippen LogP contribution < -0.4 is 4.90 Å². The topological polar surface area (TPSA) is 35.9 Å². The normalized spacial score (nSPS) is 34.1. The van der Waals surface area contributed by atoms with E-state index in [4.69, 9.17) is 4.74 Å². The van der Waals surface area contributed by atoms with Crippen molar-refractivity contribution in [1.29, 1.82) is 0 Å². The fourth-order valence-corrected chi connectivity index (χ4v) is 6.06. The molecule has 2 bridgehead atoms. The molecule has 0 aromatic heterocycles. The van der Waals surface area contributed by atoms with Gasteiger partial charge >= 0.3 is 0 Å². The average Bonchev–Trinajstić information content (AvgIpc) is 3.14. The number of piperazine rings is 1. The average molecular weight is 373 g/mol. The third kappa shape index (κ3) is 3.76. The molecular weight excluding hydrogens is 336 g/mol. The highest BCUT2D eigenvalue weighted by molar-refractivity contribution is 5.46. The molecule has 0 radical (unpaired) electrons. The maximum atomic E-state index is 10.6. The standard InChI is InChI=1S/C23H36N2O2/c1-22(2)18-9-10-23(3,15-18)21(22)27-17-20(26)16-24-11-13-25(14-12-24)19-7-5-4-6-8-19/h4-8,18,20-21,26H,9-17H2,1-3H3/t18-,20-,21-,23+/m0/s1. The molecule has 3 fully saturated rings. The predicted octanol–water partition coefficient (Wildman–Crippen LogP) is 3.40. The van der Waals surface area contributed by atoms with Crippen molar-refractivity contribution in [3.8, 4) is 0 Å². The number of rotatable bonds is 6. The van der Waals surface area contributed by atoms with Crippen LogP contribution in [0.25, 0.3) is 0 Å². The number of hydrogen-bond donors (Lipinski definition) is 1. The molecule has 0 spiro atoms. The molecule has 1 aromatic carbocycles. The van der Waals surface area contributed by atoms with Gasteiger partial charge in [-0.3, -0.25) is 4.90 Å². The summed E-state index contributed by atoms with van der Waals surface area (Å²) in [6, 6.07) is 10.6. The number of benzene rings is 1. The van der Waals surface area contributed by atoms with Crippen molar-refractivity contribution in [2.75, 3.05) is 44.2 Å². The summed E-state index contributed by atoms with van der Waals surface area (Å²) in [6.07, 6.45) is 3.81. The second-order valence-corrected chi connectivity index (χ2v) is 9.91. The number of para-hydroxylation sites is 1. The number of aliphatic hydroxyl groups excluding tert-OH is 1. The van der Waals surface area contributed by atoms with E-state index in [1.807, 2.05) is 0 Å². The molecule has 27 heavy (non-hydrogen) atoms. The van der Waals surface area contributed by atoms with Crippen LogP contribution in [0.2, 0.25) is 0 Å². The summed E-state index contributed by atoms with van der Waals surface area (Å²) >= 11 is 0. The molecule has 4 heteroatoms. The van der Waals surface area contributed by atoms with E-state index in [1.54, 1.807) is 0 Å². The fraction of sp³-hybridized carbons (Fsp3) is 0.739. The van der Waals surface area contributed by atoms with Crippen LogP contribution in [0.4, 0.5) is 5.69 Å². The van der Waals surface area contributed by atoms with Crippen molar-refractivity contribution in [2.45, 2.75) is 52.2 Å². The second-order valence-electron chi connectivity index (χ2n) is 9.91. The van der Waals surface area contributed by atoms with Gasteiger partial charge in [0.05, 0.1) is 18.8 Å². The summed E-state index contributed by atoms with van der Waals surface area (Å²) in [5.74, 6) is 0.788. The molecule has 3 aliphatic rings. The van der Waals surface area contributed by atoms with Gasteiger partial charge in [-0.25, -0.2) is 0 Å². The Morgan fingerprint density at radius 2 is 1.81 bits per heavy atom. The fourth-order valence-electron chi connectivity index (χ4n) is 6.06. The molecule has 0 unspecified atom stereocenters. The van der Waals surface area contributed by atoms with Gasteiger partial charge in [-0.1, -0.05) is 39.0 Å². The summed E-state index contributed by atoms with van der Waals surface area (Å²) in [6.45, 7) is 12.3. The molecule has 1 aromatic rings. The van der Waals surface area contributed by atoms with Gasteiger partial charge in [0.15, 0.2) is 0 Å². The van der Waals surface area contributed by atoms with Gasteiger partial charge in [0, 0.05) is 38.4 Å². The van der Waals surface area contributed by atoms with Gasteiger partial charge in [-0.15, -0.1) is 0 Å². The molecule has 150 valence electrons. The highest BCUT2D eigenvalue weighted by Crippen LogP contribution is 2.63. The maximum absolute atomic E-state index is 10.6. The van der Waals surface area contributed by atoms with Gasteiger partial charge in [-0.2, -0.15) is 0 Å². The first-order valence-electron chi connectivity index (χ1n) is 10.7. The summed E-state index contributed by atoms with van der Waals surface area (Å²) in [7, 11) is 0. The van der Waals surface area contributed by atoms with E-state index in [1.165, 1.54) is 24.9 Å². The largest absolute Gasteiger partial charge is 0.389 e. The van der Waals surface area contributed by atoms with E-state index in [0.717, 1.165) is 38.6 Å². The Bertz CT molecular complexity index is 622. The van der Waals surface area contributed by atoms with E-state index in [9.17, 15) is 5.11 Å². The molecule has 1 aliphatic heterocycles. The summed E-state index contributed by atoms with van der Waals surface area (Å²) in [4.78, 5) is 4.80. The van der Waals surface area contributed by atoms with Crippen molar-refractivity contribution in [3.05, 3.63) is 30.3 Å². The third-order valence-electron chi connectivity index (χ3n) is 7.56. The minimum Gasteiger partial charge on any atom is -0.389 e. The Kier molecular flexibility index (Phi) is 5.26. The van der Waals surface area contributed by atoms with Crippen molar-refractivity contribution in [2.24, 2.45) is 16.7 Å². The molecule has 1 N–H and O–H groups in total. The highest BCUT2D eigenvalue weighted by Gasteiger charge is 2.60. The van der Waals surface area contributed by atoms with E-state index < -0.39 is 6.10 Å². The Balaban J connectivity index is 1.23. The maximum Gasteiger partial charge on any atom is 0.0900 e. The van der Waals surface area contributed by atoms with Crippen molar-refractivity contribution < 1.29 is 9.84 Å². The smallest absolute Gasteiger partial charge is 0.0900 e. The van der Waals surface area contributed by atoms with E-state index in [0.29, 0.717) is 12.0 Å². The Labute approximate surface area is 164 Å². The zero-order valence-corrected chi connectivity index (χ0v) is 17.2. The molecule has 4 rings (SSSR count). The van der Waals surface area contributed by atoms with Gasteiger partial charge < -0.3 is 14.7 Å². The quantitative estimate of drug-likeness (QED) is 0.830. The monoisotopic (exact) mass is 372 g/mol. The number of hydrogen-bond acceptors (Lipinski definition) is 4. The van der Waals surface area contributed by atoms with Crippen LogP contribution in [0.3, 0.4) is 0 Å². The van der Waals surface area contributed by atoms with Crippen molar-refractivity contribution in [3.63, 3.8) is 0 Å². The lowest BCUT2D eigenvalue weighted by Crippen LogP contribution is -2.50. The zero-order chi connectivity index (χ0) is 19.1. The molecule has 1 heterocycles. The first kappa shape index (κ1) is 19.2. The summed E-state index contributed by atoms with van der Waals surface area (Å²) < 4.78 is 6.36. The van der Waals surface area contributed by atoms with Crippen LogP contribution >= 0.6 is 0 Å². The van der Waals surface area contributed by atoms with Crippen LogP contribution in [-0.4, -0.2) is 61.5 Å². The molecule has 0 amide bonds. The van der Waals surface area contributed by atoms with Crippen LogP contribution in [0, 0.1) is 16.7 Å².